The van der Waals surface area contributed by atoms with Gasteiger partial charge in [0.2, 0.25) is 0 Å². The third-order valence-corrected chi connectivity index (χ3v) is 3.13. The highest BCUT2D eigenvalue weighted by Crippen LogP contribution is 2.17. The van der Waals surface area contributed by atoms with E-state index >= 15 is 0 Å². The maximum absolute atomic E-state index is 5.72. The van der Waals surface area contributed by atoms with E-state index in [1.54, 1.807) is 6.33 Å². The molecule has 0 spiro atoms. The SMILES string of the molecule is Cc1ccc(C(N)=S)c(NCCc2nncn2C)c1. The molecule has 3 N–H and O–H groups in total. The number of aryl methyl sites for hydroxylation is 2. The quantitative estimate of drug-likeness (QED) is 0.808. The van der Waals surface area contributed by atoms with Gasteiger partial charge in [0.05, 0.1) is 0 Å². The number of nitrogens with zero attached hydrogens (tertiary/aromatic N) is 3. The molecule has 0 saturated heterocycles. The molecule has 19 heavy (non-hydrogen) atoms. The first-order valence-corrected chi connectivity index (χ1v) is 6.46. The van der Waals surface area contributed by atoms with E-state index in [0.717, 1.165) is 30.0 Å². The molecular formula is C13H17N5S. The summed E-state index contributed by atoms with van der Waals surface area (Å²) in [5.74, 6) is 0.942. The van der Waals surface area contributed by atoms with Crippen LogP contribution in [0.15, 0.2) is 24.5 Å². The van der Waals surface area contributed by atoms with Crippen molar-refractivity contribution in [3.8, 4) is 0 Å². The molecule has 100 valence electrons. The summed E-state index contributed by atoms with van der Waals surface area (Å²) in [5, 5.41) is 11.2. The molecule has 6 heteroatoms. The standard InChI is InChI=1S/C13H17N5S/c1-9-3-4-10(13(14)19)11(7-9)15-6-5-12-17-16-8-18(12)2/h3-4,7-8,15H,5-6H2,1-2H3,(H2,14,19). The average molecular weight is 275 g/mol. The summed E-state index contributed by atoms with van der Waals surface area (Å²) in [6.07, 6.45) is 2.49. The first-order chi connectivity index (χ1) is 9.08. The van der Waals surface area contributed by atoms with Crippen molar-refractivity contribution in [2.24, 2.45) is 12.8 Å². The zero-order chi connectivity index (χ0) is 13.8. The summed E-state index contributed by atoms with van der Waals surface area (Å²) >= 11 is 5.06. The van der Waals surface area contributed by atoms with Gasteiger partial charge in [-0.25, -0.2) is 0 Å². The lowest BCUT2D eigenvalue weighted by Gasteiger charge is -2.12. The monoisotopic (exact) mass is 275 g/mol. The number of aromatic nitrogens is 3. The molecule has 2 rings (SSSR count). The van der Waals surface area contributed by atoms with Gasteiger partial charge in [-0.3, -0.25) is 0 Å². The predicted octanol–water partition coefficient (Wildman–Crippen LogP) is 1.41. The number of nitrogens with one attached hydrogen (secondary N) is 1. The first-order valence-electron chi connectivity index (χ1n) is 6.05. The van der Waals surface area contributed by atoms with Crippen molar-refractivity contribution in [1.82, 2.24) is 14.8 Å². The van der Waals surface area contributed by atoms with Gasteiger partial charge in [0, 0.05) is 31.3 Å². The molecule has 1 heterocycles. The normalized spacial score (nSPS) is 10.4. The van der Waals surface area contributed by atoms with E-state index < -0.39 is 0 Å². The minimum atomic E-state index is 0.404. The van der Waals surface area contributed by atoms with E-state index in [4.69, 9.17) is 18.0 Å². The molecule has 0 saturated carbocycles. The summed E-state index contributed by atoms with van der Waals surface area (Å²) in [4.78, 5) is 0.404. The van der Waals surface area contributed by atoms with E-state index in [1.807, 2.05) is 36.7 Å². The van der Waals surface area contributed by atoms with Crippen LogP contribution in [0.1, 0.15) is 17.0 Å². The van der Waals surface area contributed by atoms with Crippen LogP contribution < -0.4 is 11.1 Å². The molecule has 0 aliphatic carbocycles. The molecule has 0 aliphatic heterocycles. The summed E-state index contributed by atoms with van der Waals surface area (Å²) in [7, 11) is 1.93. The zero-order valence-electron chi connectivity index (χ0n) is 11.1. The summed E-state index contributed by atoms with van der Waals surface area (Å²) < 4.78 is 1.91. The van der Waals surface area contributed by atoms with E-state index in [1.165, 1.54) is 5.56 Å². The topological polar surface area (TPSA) is 68.8 Å². The Balaban J connectivity index is 2.05. The van der Waals surface area contributed by atoms with Crippen LogP contribution in [0.5, 0.6) is 0 Å². The molecule has 0 amide bonds. The molecule has 0 atom stereocenters. The number of anilines is 1. The van der Waals surface area contributed by atoms with Gasteiger partial charge in [0.15, 0.2) is 0 Å². The molecule has 0 fully saturated rings. The minimum absolute atomic E-state index is 0.404. The molecule has 0 bridgehead atoms. The van der Waals surface area contributed by atoms with Crippen molar-refractivity contribution in [3.05, 3.63) is 41.5 Å². The maximum Gasteiger partial charge on any atom is 0.134 e. The highest BCUT2D eigenvalue weighted by molar-refractivity contribution is 7.80. The lowest BCUT2D eigenvalue weighted by Crippen LogP contribution is -2.15. The van der Waals surface area contributed by atoms with Crippen LogP contribution in [0.25, 0.3) is 0 Å². The Bertz CT molecular complexity index is 590. The summed E-state index contributed by atoms with van der Waals surface area (Å²) in [5.41, 5.74) is 8.73. The molecule has 2 aromatic rings. The number of hydrogen-bond acceptors (Lipinski definition) is 4. The van der Waals surface area contributed by atoms with Gasteiger partial charge in [-0.2, -0.15) is 0 Å². The van der Waals surface area contributed by atoms with E-state index in [9.17, 15) is 0 Å². The zero-order valence-corrected chi connectivity index (χ0v) is 11.9. The Morgan fingerprint density at radius 3 is 2.89 bits per heavy atom. The Hall–Kier alpha value is -1.95. The third-order valence-electron chi connectivity index (χ3n) is 2.91. The highest BCUT2D eigenvalue weighted by atomic mass is 32.1. The molecule has 0 aliphatic rings. The van der Waals surface area contributed by atoms with Crippen LogP contribution in [0.4, 0.5) is 5.69 Å². The largest absolute Gasteiger partial charge is 0.389 e. The molecular weight excluding hydrogens is 258 g/mol. The van der Waals surface area contributed by atoms with Crippen LogP contribution in [-0.4, -0.2) is 26.3 Å². The smallest absolute Gasteiger partial charge is 0.134 e. The number of thiocarbonyl (C=S) groups is 1. The number of rotatable bonds is 5. The van der Waals surface area contributed by atoms with Crippen LogP contribution in [0, 0.1) is 6.92 Å². The van der Waals surface area contributed by atoms with Crippen LogP contribution in [0.2, 0.25) is 0 Å². The Labute approximate surface area is 117 Å². The Morgan fingerprint density at radius 1 is 1.47 bits per heavy atom. The maximum atomic E-state index is 5.72. The van der Waals surface area contributed by atoms with Crippen molar-refractivity contribution >= 4 is 22.9 Å². The lowest BCUT2D eigenvalue weighted by atomic mass is 10.1. The fourth-order valence-electron chi connectivity index (χ4n) is 1.86. The number of hydrogen-bond donors (Lipinski definition) is 2. The fourth-order valence-corrected chi connectivity index (χ4v) is 2.04. The Morgan fingerprint density at radius 2 is 2.26 bits per heavy atom. The Kier molecular flexibility index (Phi) is 4.11. The highest BCUT2D eigenvalue weighted by Gasteiger charge is 2.06. The number of benzene rings is 1. The third kappa shape index (κ3) is 3.29. The van der Waals surface area contributed by atoms with Gasteiger partial charge in [-0.1, -0.05) is 18.3 Å². The molecule has 5 nitrogen and oxygen atoms in total. The second-order valence-electron chi connectivity index (χ2n) is 4.45. The van der Waals surface area contributed by atoms with Crippen molar-refractivity contribution < 1.29 is 0 Å². The molecule has 1 aromatic carbocycles. The predicted molar refractivity (Wildman–Crippen MR) is 80.3 cm³/mol. The lowest BCUT2D eigenvalue weighted by molar-refractivity contribution is 0.788. The van der Waals surface area contributed by atoms with Crippen molar-refractivity contribution in [2.75, 3.05) is 11.9 Å². The summed E-state index contributed by atoms with van der Waals surface area (Å²) in [6, 6.07) is 6.00. The van der Waals surface area contributed by atoms with Crippen molar-refractivity contribution in [2.45, 2.75) is 13.3 Å². The van der Waals surface area contributed by atoms with Crippen LogP contribution in [0.3, 0.4) is 0 Å². The second kappa shape index (κ2) is 5.79. The van der Waals surface area contributed by atoms with Crippen LogP contribution in [-0.2, 0) is 13.5 Å². The fraction of sp³-hybridized carbons (Fsp3) is 0.308. The average Bonchev–Trinajstić information content (AvgIpc) is 2.75. The minimum Gasteiger partial charge on any atom is -0.389 e. The van der Waals surface area contributed by atoms with Gasteiger partial charge in [0.1, 0.15) is 17.1 Å². The van der Waals surface area contributed by atoms with Gasteiger partial charge < -0.3 is 15.6 Å². The van der Waals surface area contributed by atoms with Crippen LogP contribution >= 0.6 is 12.2 Å². The molecule has 0 unspecified atom stereocenters. The summed E-state index contributed by atoms with van der Waals surface area (Å²) in [6.45, 7) is 2.79. The van der Waals surface area contributed by atoms with Gasteiger partial charge in [-0.15, -0.1) is 10.2 Å². The van der Waals surface area contributed by atoms with Crippen molar-refractivity contribution in [1.29, 1.82) is 0 Å². The van der Waals surface area contributed by atoms with Crippen molar-refractivity contribution in [3.63, 3.8) is 0 Å². The van der Waals surface area contributed by atoms with E-state index in [0.29, 0.717) is 4.99 Å². The molecule has 1 aromatic heterocycles. The van der Waals surface area contributed by atoms with Gasteiger partial charge in [-0.05, 0) is 24.6 Å². The first kappa shape index (κ1) is 13.5. The second-order valence-corrected chi connectivity index (χ2v) is 4.89. The van der Waals surface area contributed by atoms with Gasteiger partial charge in [0.25, 0.3) is 0 Å². The van der Waals surface area contributed by atoms with E-state index in [2.05, 4.69) is 15.5 Å². The van der Waals surface area contributed by atoms with Gasteiger partial charge >= 0.3 is 0 Å². The van der Waals surface area contributed by atoms with E-state index in [-0.39, 0.29) is 0 Å². The molecule has 0 radical (unpaired) electrons. The number of nitrogens with two attached hydrogens (primary N) is 1.